The number of aromatic nitrogens is 2. The molecular weight excluding hydrogens is 278 g/mol. The Hall–Kier alpha value is -0.620. The maximum Gasteiger partial charge on any atom is 0.0834 e. The molecule has 0 aliphatic carbocycles. The molecule has 0 saturated carbocycles. The molecule has 5 nitrogen and oxygen atoms in total. The molecule has 0 spiro atoms. The summed E-state index contributed by atoms with van der Waals surface area (Å²) in [7, 11) is 1.67. The largest absolute Gasteiger partial charge is 0.382 e. The Labute approximate surface area is 126 Å². The second kappa shape index (κ2) is 9.34. The molecule has 116 valence electrons. The maximum absolute atomic E-state index is 6.30. The van der Waals surface area contributed by atoms with Gasteiger partial charge in [0.25, 0.3) is 0 Å². The van der Waals surface area contributed by atoms with Crippen LogP contribution in [0.25, 0.3) is 0 Å². The smallest absolute Gasteiger partial charge is 0.0834 e. The molecule has 0 aliphatic heterocycles. The Morgan fingerprint density at radius 1 is 1.35 bits per heavy atom. The van der Waals surface area contributed by atoms with Gasteiger partial charge in [-0.25, -0.2) is 0 Å². The lowest BCUT2D eigenvalue weighted by Gasteiger charge is -2.21. The summed E-state index contributed by atoms with van der Waals surface area (Å²) in [6.45, 7) is 9.07. The molecule has 0 radical (unpaired) electrons. The van der Waals surface area contributed by atoms with E-state index in [1.165, 1.54) is 0 Å². The van der Waals surface area contributed by atoms with Crippen LogP contribution in [0.1, 0.15) is 45.0 Å². The van der Waals surface area contributed by atoms with Crippen LogP contribution >= 0.6 is 11.6 Å². The first kappa shape index (κ1) is 17.4. The summed E-state index contributed by atoms with van der Waals surface area (Å²) >= 11 is 6.30. The summed E-state index contributed by atoms with van der Waals surface area (Å²) in [5, 5.41) is 8.53. The third-order valence-electron chi connectivity index (χ3n) is 3.04. The topological polar surface area (TPSA) is 48.3 Å². The number of ether oxygens (including phenoxy) is 2. The third-order valence-corrected chi connectivity index (χ3v) is 3.33. The minimum atomic E-state index is 0.153. The van der Waals surface area contributed by atoms with Gasteiger partial charge in [-0.15, -0.1) is 0 Å². The fourth-order valence-electron chi connectivity index (χ4n) is 2.12. The number of rotatable bonds is 10. The van der Waals surface area contributed by atoms with Gasteiger partial charge in [0, 0.05) is 19.8 Å². The van der Waals surface area contributed by atoms with E-state index < -0.39 is 0 Å². The van der Waals surface area contributed by atoms with Gasteiger partial charge < -0.3 is 14.8 Å². The van der Waals surface area contributed by atoms with Crippen molar-refractivity contribution in [2.24, 2.45) is 0 Å². The zero-order chi connectivity index (χ0) is 15.0. The van der Waals surface area contributed by atoms with Gasteiger partial charge in [-0.3, -0.25) is 4.68 Å². The number of nitrogens with zero attached hydrogens (tertiary/aromatic N) is 2. The summed E-state index contributed by atoms with van der Waals surface area (Å²) < 4.78 is 12.5. The molecule has 0 bridgehead atoms. The van der Waals surface area contributed by atoms with Crippen molar-refractivity contribution < 1.29 is 9.47 Å². The van der Waals surface area contributed by atoms with E-state index >= 15 is 0 Å². The maximum atomic E-state index is 6.30. The van der Waals surface area contributed by atoms with E-state index in [0.29, 0.717) is 24.8 Å². The van der Waals surface area contributed by atoms with Crippen LogP contribution in [0, 0.1) is 0 Å². The van der Waals surface area contributed by atoms with E-state index in [4.69, 9.17) is 21.1 Å². The lowest BCUT2D eigenvalue weighted by atomic mass is 10.1. The van der Waals surface area contributed by atoms with E-state index in [9.17, 15) is 0 Å². The fourth-order valence-corrected chi connectivity index (χ4v) is 2.38. The van der Waals surface area contributed by atoms with Crippen LogP contribution in [-0.2, 0) is 9.47 Å². The molecule has 1 aromatic heterocycles. The van der Waals surface area contributed by atoms with Crippen LogP contribution in [-0.4, -0.2) is 43.3 Å². The highest BCUT2D eigenvalue weighted by Crippen LogP contribution is 2.27. The van der Waals surface area contributed by atoms with Crippen molar-refractivity contribution in [1.29, 1.82) is 0 Å². The second-order valence-electron chi connectivity index (χ2n) is 4.92. The molecule has 6 heteroatoms. The second-order valence-corrected chi connectivity index (χ2v) is 5.33. The molecule has 1 heterocycles. The highest BCUT2D eigenvalue weighted by Gasteiger charge is 2.20. The summed E-state index contributed by atoms with van der Waals surface area (Å²) in [6.07, 6.45) is 2.57. The summed E-state index contributed by atoms with van der Waals surface area (Å²) in [6, 6.07) is 0.438. The molecule has 0 saturated heterocycles. The number of nitrogens with one attached hydrogen (secondary N) is 1. The van der Waals surface area contributed by atoms with E-state index in [2.05, 4.69) is 31.2 Å². The average Bonchev–Trinajstić information content (AvgIpc) is 2.79. The predicted molar refractivity (Wildman–Crippen MR) is 81.4 cm³/mol. The first-order chi connectivity index (χ1) is 9.61. The molecular formula is C14H26ClN3O2. The van der Waals surface area contributed by atoms with Crippen LogP contribution in [0.2, 0.25) is 5.02 Å². The monoisotopic (exact) mass is 303 g/mol. The van der Waals surface area contributed by atoms with Crippen molar-refractivity contribution in [3.05, 3.63) is 16.9 Å². The van der Waals surface area contributed by atoms with Gasteiger partial charge in [0.05, 0.1) is 36.2 Å². The highest BCUT2D eigenvalue weighted by atomic mass is 35.5. The van der Waals surface area contributed by atoms with E-state index in [-0.39, 0.29) is 12.1 Å². The summed E-state index contributed by atoms with van der Waals surface area (Å²) in [5.41, 5.74) is 1.04. The number of halogens is 1. The quantitative estimate of drug-likeness (QED) is 0.675. The standard InChI is InChI=1S/C14H26ClN3O2/c1-5-16-13(6-7-20-9-8-19-4)14-12(15)10-17-18(14)11(2)3/h10-11,13,16H,5-9H2,1-4H3. The average molecular weight is 304 g/mol. The molecule has 20 heavy (non-hydrogen) atoms. The Morgan fingerprint density at radius 2 is 2.10 bits per heavy atom. The summed E-state index contributed by atoms with van der Waals surface area (Å²) in [4.78, 5) is 0. The molecule has 1 rings (SSSR count). The van der Waals surface area contributed by atoms with Crippen molar-refractivity contribution in [3.63, 3.8) is 0 Å². The van der Waals surface area contributed by atoms with Gasteiger partial charge in [0.15, 0.2) is 0 Å². The lowest BCUT2D eigenvalue weighted by Crippen LogP contribution is -2.26. The Morgan fingerprint density at radius 3 is 2.70 bits per heavy atom. The molecule has 0 aliphatic rings. The van der Waals surface area contributed by atoms with Crippen molar-refractivity contribution in [1.82, 2.24) is 15.1 Å². The van der Waals surface area contributed by atoms with Crippen molar-refractivity contribution in [2.75, 3.05) is 33.5 Å². The van der Waals surface area contributed by atoms with Gasteiger partial charge >= 0.3 is 0 Å². The molecule has 0 aromatic carbocycles. The molecule has 1 atom stereocenters. The SMILES string of the molecule is CCNC(CCOCCOC)c1c(Cl)cnn1C(C)C. The summed E-state index contributed by atoms with van der Waals surface area (Å²) in [5.74, 6) is 0. The number of hydrogen-bond acceptors (Lipinski definition) is 4. The minimum absolute atomic E-state index is 0.153. The third kappa shape index (κ3) is 5.05. The van der Waals surface area contributed by atoms with Crippen LogP contribution in [0.5, 0.6) is 0 Å². The van der Waals surface area contributed by atoms with E-state index in [1.54, 1.807) is 13.3 Å². The van der Waals surface area contributed by atoms with Crippen LogP contribution in [0.3, 0.4) is 0 Å². The van der Waals surface area contributed by atoms with Gasteiger partial charge in [-0.1, -0.05) is 18.5 Å². The molecule has 1 unspecified atom stereocenters. The lowest BCUT2D eigenvalue weighted by molar-refractivity contribution is 0.0654. The van der Waals surface area contributed by atoms with Gasteiger partial charge in [-0.2, -0.15) is 5.10 Å². The van der Waals surface area contributed by atoms with Gasteiger partial charge in [0.1, 0.15) is 0 Å². The minimum Gasteiger partial charge on any atom is -0.382 e. The number of hydrogen-bond donors (Lipinski definition) is 1. The highest BCUT2D eigenvalue weighted by molar-refractivity contribution is 6.31. The zero-order valence-electron chi connectivity index (χ0n) is 12.9. The number of methoxy groups -OCH3 is 1. The fraction of sp³-hybridized carbons (Fsp3) is 0.786. The first-order valence-electron chi connectivity index (χ1n) is 7.14. The van der Waals surface area contributed by atoms with E-state index in [0.717, 1.165) is 18.7 Å². The molecule has 0 fully saturated rings. The molecule has 1 aromatic rings. The van der Waals surface area contributed by atoms with Gasteiger partial charge in [0.2, 0.25) is 0 Å². The molecule has 0 amide bonds. The first-order valence-corrected chi connectivity index (χ1v) is 7.52. The Bertz CT molecular complexity index is 382. The van der Waals surface area contributed by atoms with Crippen LogP contribution < -0.4 is 5.32 Å². The zero-order valence-corrected chi connectivity index (χ0v) is 13.6. The normalized spacial score (nSPS) is 13.1. The Balaban J connectivity index is 2.67. The molecule has 1 N–H and O–H groups in total. The van der Waals surface area contributed by atoms with Crippen LogP contribution in [0.4, 0.5) is 0 Å². The van der Waals surface area contributed by atoms with Crippen molar-refractivity contribution in [2.45, 2.75) is 39.3 Å². The predicted octanol–water partition coefficient (Wildman–Crippen LogP) is 2.82. The van der Waals surface area contributed by atoms with Crippen LogP contribution in [0.15, 0.2) is 6.20 Å². The van der Waals surface area contributed by atoms with E-state index in [1.807, 2.05) is 4.68 Å². The van der Waals surface area contributed by atoms with Crippen molar-refractivity contribution in [3.8, 4) is 0 Å². The Kier molecular flexibility index (Phi) is 8.14. The van der Waals surface area contributed by atoms with Crippen molar-refractivity contribution >= 4 is 11.6 Å². The van der Waals surface area contributed by atoms with Gasteiger partial charge in [-0.05, 0) is 26.8 Å².